The predicted octanol–water partition coefficient (Wildman–Crippen LogP) is 2.62. The van der Waals surface area contributed by atoms with Crippen molar-refractivity contribution in [3.63, 3.8) is 0 Å². The number of halogens is 1. The molecular formula is C11H7IO2. The smallest absolute Gasteiger partial charge is 0.189 e. The van der Waals surface area contributed by atoms with Crippen molar-refractivity contribution >= 4 is 34.2 Å². The number of benzene rings is 1. The summed E-state index contributed by atoms with van der Waals surface area (Å²) in [4.78, 5) is 23.2. The van der Waals surface area contributed by atoms with Crippen molar-refractivity contribution in [2.24, 2.45) is 0 Å². The van der Waals surface area contributed by atoms with Crippen molar-refractivity contribution in [1.82, 2.24) is 0 Å². The van der Waals surface area contributed by atoms with E-state index >= 15 is 0 Å². The Bertz CT molecular complexity index is 472. The molecule has 0 saturated heterocycles. The number of hydrogen-bond acceptors (Lipinski definition) is 2. The topological polar surface area (TPSA) is 34.1 Å². The summed E-state index contributed by atoms with van der Waals surface area (Å²) in [5, 5.41) is 0. The molecule has 0 atom stereocenters. The molecular weight excluding hydrogens is 291 g/mol. The molecule has 1 aromatic rings. The lowest BCUT2D eigenvalue weighted by Gasteiger charge is -2.12. The Morgan fingerprint density at radius 3 is 2.57 bits per heavy atom. The third-order valence-corrected chi connectivity index (χ3v) is 2.87. The summed E-state index contributed by atoms with van der Waals surface area (Å²) in [6.45, 7) is 1.67. The van der Waals surface area contributed by atoms with Crippen molar-refractivity contribution in [2.75, 3.05) is 0 Å². The van der Waals surface area contributed by atoms with Gasteiger partial charge in [0.1, 0.15) is 0 Å². The van der Waals surface area contributed by atoms with Crippen molar-refractivity contribution < 1.29 is 9.59 Å². The molecule has 1 aromatic carbocycles. The van der Waals surface area contributed by atoms with Gasteiger partial charge in [-0.15, -0.1) is 0 Å². The van der Waals surface area contributed by atoms with Crippen molar-refractivity contribution in [2.45, 2.75) is 6.92 Å². The Morgan fingerprint density at radius 2 is 1.86 bits per heavy atom. The van der Waals surface area contributed by atoms with Crippen LogP contribution < -0.4 is 0 Å². The number of Topliss-reactive ketones (excluding diaryl/α,β-unsaturated/α-hetero) is 1. The van der Waals surface area contributed by atoms with Crippen LogP contribution in [0.5, 0.6) is 0 Å². The zero-order valence-corrected chi connectivity index (χ0v) is 9.66. The fourth-order valence-corrected chi connectivity index (χ4v) is 1.96. The Labute approximate surface area is 95.1 Å². The standard InChI is InChI=1S/C11H7IO2/c1-6-4-10(13)9-5-7(12)2-3-8(9)11(6)14/h2-5H,1H3. The van der Waals surface area contributed by atoms with Crippen LogP contribution in [0.15, 0.2) is 29.8 Å². The van der Waals surface area contributed by atoms with Crippen LogP contribution in [0.2, 0.25) is 0 Å². The molecule has 1 aliphatic carbocycles. The quantitative estimate of drug-likeness (QED) is 0.690. The molecule has 2 nitrogen and oxygen atoms in total. The summed E-state index contributed by atoms with van der Waals surface area (Å²) in [5.74, 6) is -0.119. The van der Waals surface area contributed by atoms with E-state index in [9.17, 15) is 9.59 Å². The second kappa shape index (κ2) is 3.31. The van der Waals surface area contributed by atoms with Gasteiger partial charge in [0.05, 0.1) is 0 Å². The molecule has 70 valence electrons. The molecule has 0 bridgehead atoms. The molecule has 14 heavy (non-hydrogen) atoms. The van der Waals surface area contributed by atoms with E-state index in [1.807, 2.05) is 6.07 Å². The normalized spacial score (nSPS) is 15.1. The average Bonchev–Trinajstić information content (AvgIpc) is 2.14. The van der Waals surface area contributed by atoms with Gasteiger partial charge in [0.2, 0.25) is 0 Å². The molecule has 0 saturated carbocycles. The van der Waals surface area contributed by atoms with E-state index < -0.39 is 0 Å². The molecule has 0 aromatic heterocycles. The number of carbonyl (C=O) groups is 2. The first-order valence-corrected chi connectivity index (χ1v) is 5.24. The lowest BCUT2D eigenvalue weighted by atomic mass is 9.90. The molecule has 1 aliphatic rings. The largest absolute Gasteiger partial charge is 0.289 e. The van der Waals surface area contributed by atoms with Crippen LogP contribution in [0.25, 0.3) is 0 Å². The molecule has 0 N–H and O–H groups in total. The zero-order valence-electron chi connectivity index (χ0n) is 7.50. The first kappa shape index (κ1) is 9.58. The minimum atomic E-state index is -0.0735. The lowest BCUT2D eigenvalue weighted by molar-refractivity contribution is 0.0984. The van der Waals surface area contributed by atoms with Crippen LogP contribution in [-0.2, 0) is 0 Å². The van der Waals surface area contributed by atoms with E-state index in [2.05, 4.69) is 22.6 Å². The van der Waals surface area contributed by atoms with Gasteiger partial charge in [-0.05, 0) is 53.8 Å². The van der Waals surface area contributed by atoms with E-state index in [1.54, 1.807) is 19.1 Å². The highest BCUT2D eigenvalue weighted by atomic mass is 127. The van der Waals surface area contributed by atoms with Gasteiger partial charge in [-0.25, -0.2) is 0 Å². The number of carbonyl (C=O) groups excluding carboxylic acids is 2. The number of fused-ring (bicyclic) bond motifs is 1. The summed E-state index contributed by atoms with van der Waals surface area (Å²) in [6, 6.07) is 5.30. The highest BCUT2D eigenvalue weighted by Gasteiger charge is 2.22. The van der Waals surface area contributed by atoms with Gasteiger partial charge < -0.3 is 0 Å². The minimum absolute atomic E-state index is 0.0454. The number of ketones is 2. The fraction of sp³-hybridized carbons (Fsp3) is 0.0909. The Morgan fingerprint density at radius 1 is 1.14 bits per heavy atom. The van der Waals surface area contributed by atoms with Crippen LogP contribution in [-0.4, -0.2) is 11.6 Å². The van der Waals surface area contributed by atoms with Gasteiger partial charge in [-0.2, -0.15) is 0 Å². The van der Waals surface area contributed by atoms with Crippen molar-refractivity contribution in [3.8, 4) is 0 Å². The molecule has 0 radical (unpaired) electrons. The Hall–Kier alpha value is -0.970. The van der Waals surface area contributed by atoms with E-state index in [-0.39, 0.29) is 11.6 Å². The molecule has 0 unspecified atom stereocenters. The van der Waals surface area contributed by atoms with E-state index in [0.717, 1.165) is 3.57 Å². The van der Waals surface area contributed by atoms with E-state index in [0.29, 0.717) is 16.7 Å². The van der Waals surface area contributed by atoms with Gasteiger partial charge in [0.25, 0.3) is 0 Å². The predicted molar refractivity (Wildman–Crippen MR) is 61.6 cm³/mol. The maximum atomic E-state index is 11.7. The van der Waals surface area contributed by atoms with E-state index in [1.165, 1.54) is 6.08 Å². The van der Waals surface area contributed by atoms with Crippen LogP contribution in [0.1, 0.15) is 27.6 Å². The van der Waals surface area contributed by atoms with Gasteiger partial charge in [0, 0.05) is 20.3 Å². The van der Waals surface area contributed by atoms with Gasteiger partial charge in [0.15, 0.2) is 11.6 Å². The van der Waals surface area contributed by atoms with Gasteiger partial charge in [-0.1, -0.05) is 0 Å². The third kappa shape index (κ3) is 1.41. The van der Waals surface area contributed by atoms with Crippen molar-refractivity contribution in [1.29, 1.82) is 0 Å². The summed E-state index contributed by atoms with van der Waals surface area (Å²) < 4.78 is 0.968. The van der Waals surface area contributed by atoms with Crippen LogP contribution >= 0.6 is 22.6 Å². The molecule has 3 heteroatoms. The van der Waals surface area contributed by atoms with Gasteiger partial charge in [-0.3, -0.25) is 9.59 Å². The third-order valence-electron chi connectivity index (χ3n) is 2.20. The van der Waals surface area contributed by atoms with E-state index in [4.69, 9.17) is 0 Å². The molecule has 0 amide bonds. The summed E-state index contributed by atoms with van der Waals surface area (Å²) in [7, 11) is 0. The lowest BCUT2D eigenvalue weighted by Crippen LogP contribution is -2.15. The van der Waals surface area contributed by atoms with Gasteiger partial charge >= 0.3 is 0 Å². The minimum Gasteiger partial charge on any atom is -0.289 e. The maximum absolute atomic E-state index is 11.7. The summed E-state index contributed by atoms with van der Waals surface area (Å²) >= 11 is 2.12. The molecule has 0 aliphatic heterocycles. The number of rotatable bonds is 0. The second-order valence-corrected chi connectivity index (χ2v) is 4.46. The Kier molecular flexibility index (Phi) is 2.26. The van der Waals surface area contributed by atoms with Crippen LogP contribution in [0.4, 0.5) is 0 Å². The highest BCUT2D eigenvalue weighted by molar-refractivity contribution is 14.1. The monoisotopic (exact) mass is 298 g/mol. The molecule has 0 heterocycles. The average molecular weight is 298 g/mol. The second-order valence-electron chi connectivity index (χ2n) is 3.21. The zero-order chi connectivity index (χ0) is 10.3. The molecule has 0 fully saturated rings. The first-order valence-electron chi connectivity index (χ1n) is 4.16. The number of allylic oxidation sites excluding steroid dienone is 2. The SMILES string of the molecule is CC1=CC(=O)c2cc(I)ccc2C1=O. The Balaban J connectivity index is 2.69. The summed E-state index contributed by atoms with van der Waals surface area (Å²) in [6.07, 6.45) is 1.40. The molecule has 2 rings (SSSR count). The first-order chi connectivity index (χ1) is 6.59. The summed E-state index contributed by atoms with van der Waals surface area (Å²) in [5.41, 5.74) is 1.56. The van der Waals surface area contributed by atoms with Crippen LogP contribution in [0.3, 0.4) is 0 Å². The highest BCUT2D eigenvalue weighted by Crippen LogP contribution is 2.22. The number of hydrogen-bond donors (Lipinski definition) is 0. The maximum Gasteiger partial charge on any atom is 0.189 e. The van der Waals surface area contributed by atoms with Crippen molar-refractivity contribution in [3.05, 3.63) is 44.5 Å². The van der Waals surface area contributed by atoms with Crippen LogP contribution in [0, 0.1) is 3.57 Å². The fourth-order valence-electron chi connectivity index (χ4n) is 1.47. The molecule has 0 spiro atoms.